The molecule has 1 aromatic carbocycles. The second-order valence-corrected chi connectivity index (χ2v) is 8.27. The van der Waals surface area contributed by atoms with Crippen LogP contribution in [-0.4, -0.2) is 48.7 Å². The molecule has 24 heavy (non-hydrogen) atoms. The van der Waals surface area contributed by atoms with Gasteiger partial charge in [0.2, 0.25) is 21.8 Å². The van der Waals surface area contributed by atoms with E-state index in [1.165, 1.54) is 4.31 Å². The molecule has 1 aromatic heterocycles. The summed E-state index contributed by atoms with van der Waals surface area (Å²) in [7, 11) is -3.55. The van der Waals surface area contributed by atoms with Gasteiger partial charge < -0.3 is 9.15 Å². The van der Waals surface area contributed by atoms with Gasteiger partial charge >= 0.3 is 0 Å². The van der Waals surface area contributed by atoms with Crippen LogP contribution in [0.5, 0.6) is 0 Å². The summed E-state index contributed by atoms with van der Waals surface area (Å²) >= 11 is 0. The zero-order valence-electron chi connectivity index (χ0n) is 13.4. The maximum Gasteiger partial charge on any atom is 0.243 e. The minimum absolute atomic E-state index is 0.0837. The van der Waals surface area contributed by atoms with E-state index in [-0.39, 0.29) is 6.10 Å². The van der Waals surface area contributed by atoms with E-state index in [1.54, 1.807) is 37.3 Å². The van der Waals surface area contributed by atoms with E-state index in [9.17, 15) is 8.42 Å². The molecule has 2 atom stereocenters. The average molecular weight is 349 g/mol. The number of nitrogens with zero attached hydrogens (tertiary/aromatic N) is 3. The van der Waals surface area contributed by atoms with Gasteiger partial charge in [-0.25, -0.2) is 8.42 Å². The Bertz CT molecular complexity index is 836. The highest BCUT2D eigenvalue weighted by atomic mass is 32.2. The first-order chi connectivity index (χ1) is 11.5. The summed E-state index contributed by atoms with van der Waals surface area (Å²) in [6.45, 7) is 3.04. The molecule has 2 aliphatic rings. The van der Waals surface area contributed by atoms with Gasteiger partial charge in [-0.2, -0.15) is 4.31 Å². The van der Waals surface area contributed by atoms with Gasteiger partial charge in [0.15, 0.2) is 0 Å². The van der Waals surface area contributed by atoms with E-state index >= 15 is 0 Å². The Morgan fingerprint density at radius 3 is 2.75 bits per heavy atom. The van der Waals surface area contributed by atoms with Crippen LogP contribution in [0.3, 0.4) is 0 Å². The number of aromatic nitrogens is 2. The number of benzene rings is 1. The van der Waals surface area contributed by atoms with Gasteiger partial charge in [-0.15, -0.1) is 10.2 Å². The summed E-state index contributed by atoms with van der Waals surface area (Å²) in [5, 5.41) is 8.10. The lowest BCUT2D eigenvalue weighted by Crippen LogP contribution is -2.54. The number of hydrogen-bond acceptors (Lipinski definition) is 6. The van der Waals surface area contributed by atoms with Gasteiger partial charge in [-0.05, 0) is 25.0 Å². The summed E-state index contributed by atoms with van der Waals surface area (Å²) in [5.74, 6) is 0.962. The van der Waals surface area contributed by atoms with Crippen LogP contribution >= 0.6 is 0 Å². The molecule has 2 fully saturated rings. The normalized spacial score (nSPS) is 28.0. The molecule has 8 heteroatoms. The van der Waals surface area contributed by atoms with Crippen molar-refractivity contribution >= 4 is 10.0 Å². The SMILES string of the molecule is Cc1nnc([C@]23CCO[C@H]2CCN(S(=O)(=O)c2ccccc2)C3)o1. The van der Waals surface area contributed by atoms with E-state index in [0.29, 0.717) is 49.2 Å². The van der Waals surface area contributed by atoms with Crippen molar-refractivity contribution in [3.8, 4) is 0 Å². The topological polar surface area (TPSA) is 85.5 Å². The lowest BCUT2D eigenvalue weighted by Gasteiger charge is -2.40. The molecule has 2 aromatic rings. The third-order valence-corrected chi connectivity index (χ3v) is 6.78. The first-order valence-electron chi connectivity index (χ1n) is 8.00. The molecule has 2 saturated heterocycles. The molecule has 0 radical (unpaired) electrons. The molecule has 7 nitrogen and oxygen atoms in total. The second-order valence-electron chi connectivity index (χ2n) is 6.33. The molecule has 0 amide bonds. The van der Waals surface area contributed by atoms with Crippen LogP contribution in [0, 0.1) is 6.92 Å². The lowest BCUT2D eigenvalue weighted by molar-refractivity contribution is 0.0295. The molecular weight excluding hydrogens is 330 g/mol. The summed E-state index contributed by atoms with van der Waals surface area (Å²) < 4.78 is 39.0. The fraction of sp³-hybridized carbons (Fsp3) is 0.500. The summed E-state index contributed by atoms with van der Waals surface area (Å²) in [5.41, 5.74) is -0.554. The molecule has 4 rings (SSSR count). The van der Waals surface area contributed by atoms with Crippen LogP contribution in [0.1, 0.15) is 24.6 Å². The van der Waals surface area contributed by atoms with Crippen LogP contribution in [0.4, 0.5) is 0 Å². The molecule has 128 valence electrons. The highest BCUT2D eigenvalue weighted by Gasteiger charge is 2.54. The highest BCUT2D eigenvalue weighted by molar-refractivity contribution is 7.89. The zero-order valence-corrected chi connectivity index (χ0v) is 14.2. The van der Waals surface area contributed by atoms with Gasteiger partial charge in [-0.1, -0.05) is 18.2 Å². The van der Waals surface area contributed by atoms with Crippen molar-refractivity contribution in [2.45, 2.75) is 36.2 Å². The molecular formula is C16H19N3O4S. The van der Waals surface area contributed by atoms with Crippen LogP contribution in [0.2, 0.25) is 0 Å². The molecule has 0 N–H and O–H groups in total. The van der Waals surface area contributed by atoms with Crippen molar-refractivity contribution in [2.24, 2.45) is 0 Å². The first kappa shape index (κ1) is 15.7. The summed E-state index contributed by atoms with van der Waals surface area (Å²) in [4.78, 5) is 0.305. The maximum atomic E-state index is 13.0. The van der Waals surface area contributed by atoms with E-state index in [4.69, 9.17) is 9.15 Å². The van der Waals surface area contributed by atoms with E-state index in [1.807, 2.05) is 0 Å². The molecule has 3 heterocycles. The van der Waals surface area contributed by atoms with Gasteiger partial charge in [0, 0.05) is 26.6 Å². The molecule has 0 aliphatic carbocycles. The third-order valence-electron chi connectivity index (χ3n) is 4.92. The van der Waals surface area contributed by atoms with Crippen molar-refractivity contribution in [3.05, 3.63) is 42.1 Å². The Hall–Kier alpha value is -1.77. The number of piperidine rings is 1. The average Bonchev–Trinajstić information content (AvgIpc) is 3.21. The Labute approximate surface area is 140 Å². The number of hydrogen-bond donors (Lipinski definition) is 0. The Kier molecular flexibility index (Phi) is 3.70. The van der Waals surface area contributed by atoms with Crippen LogP contribution in [0.15, 0.2) is 39.6 Å². The van der Waals surface area contributed by atoms with Gasteiger partial charge in [0.05, 0.1) is 16.4 Å². The standard InChI is InChI=1S/C16H19N3O4S/c1-12-17-18-15(23-12)16-8-10-22-14(16)7-9-19(11-16)24(20,21)13-5-3-2-4-6-13/h2-6,14H,7-11H2,1H3/t14-,16-/m0/s1. The van der Waals surface area contributed by atoms with Crippen LogP contribution in [0.25, 0.3) is 0 Å². The number of aryl methyl sites for hydroxylation is 1. The maximum absolute atomic E-state index is 13.0. The zero-order chi connectivity index (χ0) is 16.8. The summed E-state index contributed by atoms with van der Waals surface area (Å²) in [6, 6.07) is 8.51. The monoisotopic (exact) mass is 349 g/mol. The molecule has 2 aliphatic heterocycles. The quantitative estimate of drug-likeness (QED) is 0.835. The number of rotatable bonds is 3. The fourth-order valence-electron chi connectivity index (χ4n) is 3.66. The van der Waals surface area contributed by atoms with E-state index < -0.39 is 15.4 Å². The van der Waals surface area contributed by atoms with E-state index in [2.05, 4.69) is 10.2 Å². The van der Waals surface area contributed by atoms with Gasteiger partial charge in [-0.3, -0.25) is 0 Å². The van der Waals surface area contributed by atoms with Gasteiger partial charge in [0.25, 0.3) is 0 Å². The minimum Gasteiger partial charge on any atom is -0.425 e. The van der Waals surface area contributed by atoms with Gasteiger partial charge in [0.1, 0.15) is 0 Å². The van der Waals surface area contributed by atoms with Crippen molar-refractivity contribution < 1.29 is 17.6 Å². The molecule has 0 spiro atoms. The Morgan fingerprint density at radius 1 is 1.25 bits per heavy atom. The van der Waals surface area contributed by atoms with E-state index in [0.717, 1.165) is 0 Å². The predicted octanol–water partition coefficient (Wildman–Crippen LogP) is 1.50. The van der Waals surface area contributed by atoms with Crippen molar-refractivity contribution in [2.75, 3.05) is 19.7 Å². The summed E-state index contributed by atoms with van der Waals surface area (Å²) in [6.07, 6.45) is 1.22. The molecule has 0 saturated carbocycles. The molecule has 0 bridgehead atoms. The third kappa shape index (κ3) is 2.37. The number of fused-ring (bicyclic) bond motifs is 1. The Morgan fingerprint density at radius 2 is 2.04 bits per heavy atom. The lowest BCUT2D eigenvalue weighted by atomic mass is 9.77. The molecule has 0 unspecified atom stereocenters. The number of sulfonamides is 1. The van der Waals surface area contributed by atoms with Crippen molar-refractivity contribution in [1.29, 1.82) is 0 Å². The fourth-order valence-corrected chi connectivity index (χ4v) is 5.20. The second kappa shape index (κ2) is 5.65. The number of ether oxygens (including phenoxy) is 1. The smallest absolute Gasteiger partial charge is 0.243 e. The first-order valence-corrected chi connectivity index (χ1v) is 9.44. The largest absolute Gasteiger partial charge is 0.425 e. The van der Waals surface area contributed by atoms with Crippen molar-refractivity contribution in [3.63, 3.8) is 0 Å². The van der Waals surface area contributed by atoms with Crippen LogP contribution in [-0.2, 0) is 20.2 Å². The highest BCUT2D eigenvalue weighted by Crippen LogP contribution is 2.44. The predicted molar refractivity (Wildman–Crippen MR) is 84.9 cm³/mol. The van der Waals surface area contributed by atoms with Crippen LogP contribution < -0.4 is 0 Å². The van der Waals surface area contributed by atoms with Crippen molar-refractivity contribution in [1.82, 2.24) is 14.5 Å². The Balaban J connectivity index is 1.71. The minimum atomic E-state index is -3.55.